The monoisotopic (exact) mass is 257 g/mol. The summed E-state index contributed by atoms with van der Waals surface area (Å²) in [7, 11) is 0. The third kappa shape index (κ3) is 2.10. The number of hydrogen-bond donors (Lipinski definition) is 1. The first-order chi connectivity index (χ1) is 9.25. The lowest BCUT2D eigenvalue weighted by molar-refractivity contribution is -0.145. The van der Waals surface area contributed by atoms with Crippen molar-refractivity contribution in [1.29, 1.82) is 0 Å². The average molecular weight is 257 g/mol. The van der Waals surface area contributed by atoms with Crippen LogP contribution in [0.25, 0.3) is 0 Å². The molecule has 5 heteroatoms. The summed E-state index contributed by atoms with van der Waals surface area (Å²) in [6, 6.07) is 11.9. The number of furan rings is 1. The number of benzene rings is 1. The predicted octanol–water partition coefficient (Wildman–Crippen LogP) is 2.25. The van der Waals surface area contributed by atoms with Crippen LogP contribution in [0.15, 0.2) is 58.1 Å². The zero-order valence-corrected chi connectivity index (χ0v) is 9.89. The lowest BCUT2D eigenvalue weighted by Gasteiger charge is -2.10. The van der Waals surface area contributed by atoms with E-state index in [-0.39, 0.29) is 0 Å². The zero-order valence-electron chi connectivity index (χ0n) is 9.89. The first kappa shape index (κ1) is 11.5. The molecule has 1 N–H and O–H groups in total. The Morgan fingerprint density at radius 1 is 1.16 bits per heavy atom. The molecule has 2 unspecified atom stereocenters. The standard InChI is InChI=1S/C14H11NO4/c16-14(17)12-11(10-7-4-8-18-10)15-13(19-12)9-5-2-1-3-6-9/h1-8,11-12H,(H,16,17). The van der Waals surface area contributed by atoms with Crippen LogP contribution in [-0.2, 0) is 9.53 Å². The second-order valence-electron chi connectivity index (χ2n) is 4.14. The Morgan fingerprint density at radius 3 is 2.58 bits per heavy atom. The molecular formula is C14H11NO4. The summed E-state index contributed by atoms with van der Waals surface area (Å²) in [5.74, 6) is -0.246. The van der Waals surface area contributed by atoms with Gasteiger partial charge in [-0.1, -0.05) is 18.2 Å². The van der Waals surface area contributed by atoms with Crippen molar-refractivity contribution < 1.29 is 19.1 Å². The van der Waals surface area contributed by atoms with Crippen LogP contribution >= 0.6 is 0 Å². The van der Waals surface area contributed by atoms with Gasteiger partial charge >= 0.3 is 5.97 Å². The van der Waals surface area contributed by atoms with Crippen LogP contribution in [0.4, 0.5) is 0 Å². The fraction of sp³-hybridized carbons (Fsp3) is 0.143. The highest BCUT2D eigenvalue weighted by Gasteiger charge is 2.39. The van der Waals surface area contributed by atoms with Crippen molar-refractivity contribution in [3.63, 3.8) is 0 Å². The van der Waals surface area contributed by atoms with Crippen LogP contribution in [0.5, 0.6) is 0 Å². The number of ether oxygens (including phenoxy) is 1. The van der Waals surface area contributed by atoms with E-state index >= 15 is 0 Å². The molecule has 96 valence electrons. The highest BCUT2D eigenvalue weighted by atomic mass is 16.5. The lowest BCUT2D eigenvalue weighted by Crippen LogP contribution is -2.26. The molecule has 0 spiro atoms. The molecule has 2 heterocycles. The topological polar surface area (TPSA) is 72.0 Å². The van der Waals surface area contributed by atoms with Gasteiger partial charge in [-0.15, -0.1) is 0 Å². The SMILES string of the molecule is O=C(O)C1OC(c2ccccc2)=NC1c1ccco1. The van der Waals surface area contributed by atoms with Crippen molar-refractivity contribution >= 4 is 11.9 Å². The van der Waals surface area contributed by atoms with Gasteiger partial charge in [0.15, 0.2) is 6.04 Å². The molecular weight excluding hydrogens is 246 g/mol. The first-order valence-electron chi connectivity index (χ1n) is 5.82. The number of carboxylic acids is 1. The zero-order chi connectivity index (χ0) is 13.2. The largest absolute Gasteiger partial charge is 0.478 e. The molecule has 0 saturated heterocycles. The van der Waals surface area contributed by atoms with Gasteiger partial charge in [0.25, 0.3) is 0 Å². The molecule has 3 rings (SSSR count). The highest BCUT2D eigenvalue weighted by Crippen LogP contribution is 2.31. The van der Waals surface area contributed by atoms with E-state index in [1.165, 1.54) is 6.26 Å². The molecule has 2 aromatic rings. The van der Waals surface area contributed by atoms with Crippen molar-refractivity contribution in [3.05, 3.63) is 60.1 Å². The first-order valence-corrected chi connectivity index (χ1v) is 5.82. The molecule has 19 heavy (non-hydrogen) atoms. The van der Waals surface area contributed by atoms with Gasteiger partial charge in [0.05, 0.1) is 6.26 Å². The summed E-state index contributed by atoms with van der Waals surface area (Å²) in [5, 5.41) is 9.21. The number of carbonyl (C=O) groups is 1. The normalized spacial score (nSPS) is 21.8. The van der Waals surface area contributed by atoms with Gasteiger partial charge in [0, 0.05) is 5.56 Å². The molecule has 1 aliphatic rings. The molecule has 2 atom stereocenters. The summed E-state index contributed by atoms with van der Waals surface area (Å²) >= 11 is 0. The number of rotatable bonds is 3. The summed E-state index contributed by atoms with van der Waals surface area (Å²) in [6.45, 7) is 0. The van der Waals surface area contributed by atoms with Gasteiger partial charge in [0.2, 0.25) is 12.0 Å². The van der Waals surface area contributed by atoms with Crippen molar-refractivity contribution in [2.24, 2.45) is 4.99 Å². The van der Waals surface area contributed by atoms with E-state index in [2.05, 4.69) is 4.99 Å². The lowest BCUT2D eigenvalue weighted by atomic mass is 10.1. The summed E-state index contributed by atoms with van der Waals surface area (Å²) in [4.78, 5) is 15.6. The number of aliphatic imine (C=N–C) groups is 1. The van der Waals surface area contributed by atoms with E-state index in [0.717, 1.165) is 5.56 Å². The number of carboxylic acid groups (broad SMARTS) is 1. The Kier molecular flexibility index (Phi) is 2.79. The Balaban J connectivity index is 1.96. The molecule has 0 saturated carbocycles. The smallest absolute Gasteiger partial charge is 0.347 e. The molecule has 1 aromatic carbocycles. The van der Waals surface area contributed by atoms with Crippen molar-refractivity contribution in [1.82, 2.24) is 0 Å². The van der Waals surface area contributed by atoms with Crippen LogP contribution in [-0.4, -0.2) is 23.1 Å². The maximum atomic E-state index is 11.2. The van der Waals surface area contributed by atoms with Crippen LogP contribution in [0.2, 0.25) is 0 Å². The van der Waals surface area contributed by atoms with E-state index in [9.17, 15) is 9.90 Å². The summed E-state index contributed by atoms with van der Waals surface area (Å²) in [5.41, 5.74) is 0.753. The maximum Gasteiger partial charge on any atom is 0.347 e. The quantitative estimate of drug-likeness (QED) is 0.915. The van der Waals surface area contributed by atoms with Crippen LogP contribution < -0.4 is 0 Å². The molecule has 0 bridgehead atoms. The fourth-order valence-electron chi connectivity index (χ4n) is 1.99. The minimum Gasteiger partial charge on any atom is -0.478 e. The minimum atomic E-state index is -1.06. The molecule has 0 radical (unpaired) electrons. The van der Waals surface area contributed by atoms with E-state index in [0.29, 0.717) is 11.7 Å². The van der Waals surface area contributed by atoms with E-state index < -0.39 is 18.1 Å². The van der Waals surface area contributed by atoms with Gasteiger partial charge < -0.3 is 14.3 Å². The van der Waals surface area contributed by atoms with Crippen LogP contribution in [0.3, 0.4) is 0 Å². The summed E-state index contributed by atoms with van der Waals surface area (Å²) < 4.78 is 10.7. The molecule has 5 nitrogen and oxygen atoms in total. The average Bonchev–Trinajstić information content (AvgIpc) is 3.08. The summed E-state index contributed by atoms with van der Waals surface area (Å²) in [6.07, 6.45) is 0.436. The second-order valence-corrected chi connectivity index (χ2v) is 4.14. The predicted molar refractivity (Wildman–Crippen MR) is 66.9 cm³/mol. The Hall–Kier alpha value is -2.56. The Bertz CT molecular complexity index is 604. The van der Waals surface area contributed by atoms with Crippen molar-refractivity contribution in [3.8, 4) is 0 Å². The fourth-order valence-corrected chi connectivity index (χ4v) is 1.99. The van der Waals surface area contributed by atoms with E-state index in [1.54, 1.807) is 12.1 Å². The van der Waals surface area contributed by atoms with Gasteiger partial charge in [-0.3, -0.25) is 0 Å². The van der Waals surface area contributed by atoms with Gasteiger partial charge in [-0.2, -0.15) is 0 Å². The maximum absolute atomic E-state index is 11.2. The Labute approximate surface area is 109 Å². The molecule has 1 aliphatic heterocycles. The van der Waals surface area contributed by atoms with E-state index in [1.807, 2.05) is 30.3 Å². The number of hydrogen-bond acceptors (Lipinski definition) is 4. The van der Waals surface area contributed by atoms with Crippen LogP contribution in [0, 0.1) is 0 Å². The third-order valence-electron chi connectivity index (χ3n) is 2.88. The van der Waals surface area contributed by atoms with Crippen molar-refractivity contribution in [2.75, 3.05) is 0 Å². The van der Waals surface area contributed by atoms with Gasteiger partial charge in [0.1, 0.15) is 5.76 Å². The van der Waals surface area contributed by atoms with Gasteiger partial charge in [-0.05, 0) is 24.3 Å². The molecule has 0 amide bonds. The third-order valence-corrected chi connectivity index (χ3v) is 2.88. The highest BCUT2D eigenvalue weighted by molar-refractivity contribution is 5.97. The van der Waals surface area contributed by atoms with E-state index in [4.69, 9.17) is 9.15 Å². The van der Waals surface area contributed by atoms with Gasteiger partial charge in [-0.25, -0.2) is 9.79 Å². The Morgan fingerprint density at radius 2 is 1.95 bits per heavy atom. The van der Waals surface area contributed by atoms with Crippen LogP contribution in [0.1, 0.15) is 17.4 Å². The molecule has 0 fully saturated rings. The second kappa shape index (κ2) is 4.61. The number of nitrogens with zero attached hydrogens (tertiary/aromatic N) is 1. The minimum absolute atomic E-state index is 0.328. The molecule has 1 aromatic heterocycles. The molecule has 0 aliphatic carbocycles. The number of aliphatic carboxylic acids is 1. The van der Waals surface area contributed by atoms with Crippen molar-refractivity contribution in [2.45, 2.75) is 12.1 Å².